The van der Waals surface area contributed by atoms with Gasteiger partial charge in [0.25, 0.3) is 5.91 Å². The molecule has 110 valence electrons. The van der Waals surface area contributed by atoms with E-state index in [0.717, 1.165) is 48.6 Å². The molecule has 3 nitrogen and oxygen atoms in total. The lowest BCUT2D eigenvalue weighted by atomic mass is 10.1. The maximum Gasteiger partial charge on any atom is 0.253 e. The summed E-state index contributed by atoms with van der Waals surface area (Å²) in [5.74, 6) is 2.36. The topological polar surface area (TPSA) is 41.1 Å². The molecule has 4 heteroatoms. The van der Waals surface area contributed by atoms with Gasteiger partial charge in [-0.3, -0.25) is 4.79 Å². The van der Waals surface area contributed by atoms with Crippen LogP contribution in [-0.4, -0.2) is 30.0 Å². The minimum Gasteiger partial charge on any atom is -0.384 e. The van der Waals surface area contributed by atoms with Gasteiger partial charge in [-0.25, -0.2) is 0 Å². The summed E-state index contributed by atoms with van der Waals surface area (Å²) in [7, 11) is 0. The zero-order chi connectivity index (χ0) is 14.4. The van der Waals surface area contributed by atoms with Gasteiger partial charge < -0.3 is 10.6 Å². The Bertz CT molecular complexity index is 456. The number of nitrogens with one attached hydrogen (secondary N) is 2. The minimum absolute atomic E-state index is 0.0560. The first-order valence-corrected chi connectivity index (χ1v) is 8.59. The molecule has 0 unspecified atom stereocenters. The number of carbonyl (C=O) groups excluding carboxylic acids is 1. The summed E-state index contributed by atoms with van der Waals surface area (Å²) < 4.78 is 0. The van der Waals surface area contributed by atoms with E-state index < -0.39 is 0 Å². The van der Waals surface area contributed by atoms with Crippen LogP contribution >= 0.6 is 11.8 Å². The van der Waals surface area contributed by atoms with Crippen LogP contribution in [0.3, 0.4) is 0 Å². The molecule has 0 aliphatic carbocycles. The molecule has 0 aromatic heterocycles. The Labute approximate surface area is 125 Å². The first-order valence-electron chi connectivity index (χ1n) is 7.44. The maximum atomic E-state index is 12.5. The fraction of sp³-hybridized carbons (Fsp3) is 0.562. The predicted molar refractivity (Wildman–Crippen MR) is 87.8 cm³/mol. The zero-order valence-electron chi connectivity index (χ0n) is 12.4. The summed E-state index contributed by atoms with van der Waals surface area (Å²) in [6.45, 7) is 5.07. The molecule has 1 fully saturated rings. The van der Waals surface area contributed by atoms with Gasteiger partial charge in [0.1, 0.15) is 0 Å². The van der Waals surface area contributed by atoms with Gasteiger partial charge in [-0.05, 0) is 55.4 Å². The molecule has 1 aromatic carbocycles. The van der Waals surface area contributed by atoms with E-state index in [1.165, 1.54) is 5.56 Å². The van der Waals surface area contributed by atoms with Gasteiger partial charge in [0.05, 0.1) is 5.56 Å². The third-order valence-electron chi connectivity index (χ3n) is 3.54. The van der Waals surface area contributed by atoms with Crippen molar-refractivity contribution >= 4 is 23.4 Å². The van der Waals surface area contributed by atoms with Crippen molar-refractivity contribution in [2.75, 3.05) is 23.4 Å². The molecule has 1 aliphatic rings. The number of carbonyl (C=O) groups is 1. The molecule has 1 heterocycles. The standard InChI is InChI=1S/C16H24N2OS/c1-3-8-17-15-11-12(2)4-5-14(15)16(19)18-13-6-9-20-10-7-13/h4-5,11,13,17H,3,6-10H2,1-2H3,(H,18,19). The van der Waals surface area contributed by atoms with Crippen LogP contribution in [0.2, 0.25) is 0 Å². The second kappa shape index (κ2) is 7.58. The van der Waals surface area contributed by atoms with Gasteiger partial charge in [0, 0.05) is 18.3 Å². The lowest BCUT2D eigenvalue weighted by Crippen LogP contribution is -2.37. The Morgan fingerprint density at radius 2 is 2.10 bits per heavy atom. The van der Waals surface area contributed by atoms with Crippen molar-refractivity contribution in [2.24, 2.45) is 0 Å². The lowest BCUT2D eigenvalue weighted by Gasteiger charge is -2.23. The molecule has 1 amide bonds. The van der Waals surface area contributed by atoms with Gasteiger partial charge in [-0.15, -0.1) is 0 Å². The molecule has 1 saturated heterocycles. The SMILES string of the molecule is CCCNc1cc(C)ccc1C(=O)NC1CCSCC1. The largest absolute Gasteiger partial charge is 0.384 e. The predicted octanol–water partition coefficient (Wildman–Crippen LogP) is 3.44. The average Bonchev–Trinajstić information content (AvgIpc) is 2.46. The van der Waals surface area contributed by atoms with E-state index in [1.54, 1.807) is 0 Å². The number of hydrogen-bond acceptors (Lipinski definition) is 3. The normalized spacial score (nSPS) is 15.9. The fourth-order valence-electron chi connectivity index (χ4n) is 2.37. The molecule has 2 N–H and O–H groups in total. The second-order valence-electron chi connectivity index (χ2n) is 5.34. The van der Waals surface area contributed by atoms with E-state index in [2.05, 4.69) is 30.5 Å². The van der Waals surface area contributed by atoms with Crippen molar-refractivity contribution in [3.05, 3.63) is 29.3 Å². The number of anilines is 1. The van der Waals surface area contributed by atoms with E-state index in [0.29, 0.717) is 6.04 Å². The van der Waals surface area contributed by atoms with Crippen LogP contribution in [0.4, 0.5) is 5.69 Å². The van der Waals surface area contributed by atoms with Crippen LogP contribution in [-0.2, 0) is 0 Å². The average molecular weight is 292 g/mol. The maximum absolute atomic E-state index is 12.5. The molecule has 1 aromatic rings. The van der Waals surface area contributed by atoms with E-state index in [4.69, 9.17) is 0 Å². The highest BCUT2D eigenvalue weighted by molar-refractivity contribution is 7.99. The highest BCUT2D eigenvalue weighted by atomic mass is 32.2. The first kappa shape index (κ1) is 15.2. The molecular weight excluding hydrogens is 268 g/mol. The van der Waals surface area contributed by atoms with E-state index >= 15 is 0 Å². The molecule has 20 heavy (non-hydrogen) atoms. The molecule has 0 atom stereocenters. The summed E-state index contributed by atoms with van der Waals surface area (Å²) in [4.78, 5) is 12.5. The van der Waals surface area contributed by atoms with E-state index in [9.17, 15) is 4.79 Å². The second-order valence-corrected chi connectivity index (χ2v) is 6.56. The summed E-state index contributed by atoms with van der Waals surface area (Å²) in [6.07, 6.45) is 3.22. The number of benzene rings is 1. The van der Waals surface area contributed by atoms with Crippen LogP contribution in [0.5, 0.6) is 0 Å². The Balaban J connectivity index is 2.07. The highest BCUT2D eigenvalue weighted by Gasteiger charge is 2.18. The molecule has 0 spiro atoms. The lowest BCUT2D eigenvalue weighted by molar-refractivity contribution is 0.0935. The zero-order valence-corrected chi connectivity index (χ0v) is 13.2. The fourth-order valence-corrected chi connectivity index (χ4v) is 3.47. The van der Waals surface area contributed by atoms with Gasteiger partial charge in [0.15, 0.2) is 0 Å². The van der Waals surface area contributed by atoms with Gasteiger partial charge in [-0.2, -0.15) is 11.8 Å². The third-order valence-corrected chi connectivity index (χ3v) is 4.59. The Morgan fingerprint density at radius 1 is 1.35 bits per heavy atom. The van der Waals surface area contributed by atoms with Gasteiger partial charge in [-0.1, -0.05) is 13.0 Å². The molecule has 2 rings (SSSR count). The van der Waals surface area contributed by atoms with Gasteiger partial charge in [0.2, 0.25) is 0 Å². The van der Waals surface area contributed by atoms with Crippen molar-refractivity contribution < 1.29 is 4.79 Å². The number of rotatable bonds is 5. The Hall–Kier alpha value is -1.16. The van der Waals surface area contributed by atoms with Crippen LogP contribution in [0.25, 0.3) is 0 Å². The smallest absolute Gasteiger partial charge is 0.253 e. The highest BCUT2D eigenvalue weighted by Crippen LogP contribution is 2.20. The number of hydrogen-bond donors (Lipinski definition) is 2. The summed E-state index contributed by atoms with van der Waals surface area (Å²) in [5, 5.41) is 6.54. The van der Waals surface area contributed by atoms with Crippen LogP contribution in [0.1, 0.15) is 42.1 Å². The molecule has 0 saturated carbocycles. The van der Waals surface area contributed by atoms with Crippen molar-refractivity contribution in [1.29, 1.82) is 0 Å². The molecule has 0 bridgehead atoms. The van der Waals surface area contributed by atoms with Crippen LogP contribution in [0.15, 0.2) is 18.2 Å². The Morgan fingerprint density at radius 3 is 2.80 bits per heavy atom. The van der Waals surface area contributed by atoms with Crippen molar-refractivity contribution in [3.8, 4) is 0 Å². The number of amides is 1. The van der Waals surface area contributed by atoms with E-state index in [1.807, 2.05) is 23.9 Å². The number of thioether (sulfide) groups is 1. The van der Waals surface area contributed by atoms with Crippen molar-refractivity contribution in [3.63, 3.8) is 0 Å². The number of aryl methyl sites for hydroxylation is 1. The van der Waals surface area contributed by atoms with Crippen LogP contribution < -0.4 is 10.6 Å². The quantitative estimate of drug-likeness (QED) is 0.873. The Kier molecular flexibility index (Phi) is 5.77. The van der Waals surface area contributed by atoms with E-state index in [-0.39, 0.29) is 5.91 Å². The first-order chi connectivity index (χ1) is 9.70. The summed E-state index contributed by atoms with van der Waals surface area (Å²) in [6, 6.07) is 6.33. The third kappa shape index (κ3) is 4.17. The monoisotopic (exact) mass is 292 g/mol. The van der Waals surface area contributed by atoms with Gasteiger partial charge >= 0.3 is 0 Å². The molecule has 0 radical (unpaired) electrons. The minimum atomic E-state index is 0.0560. The summed E-state index contributed by atoms with van der Waals surface area (Å²) in [5.41, 5.74) is 2.89. The van der Waals surface area contributed by atoms with Crippen LogP contribution in [0, 0.1) is 6.92 Å². The van der Waals surface area contributed by atoms with Crippen molar-refractivity contribution in [1.82, 2.24) is 5.32 Å². The summed E-state index contributed by atoms with van der Waals surface area (Å²) >= 11 is 1.97. The molecular formula is C16H24N2OS. The van der Waals surface area contributed by atoms with Crippen molar-refractivity contribution in [2.45, 2.75) is 39.2 Å². The molecule has 1 aliphatic heterocycles.